The molecule has 0 unspecified atom stereocenters. The summed E-state index contributed by atoms with van der Waals surface area (Å²) in [7, 11) is 1.70. The number of anilines is 2. The van der Waals surface area contributed by atoms with Crippen molar-refractivity contribution in [3.05, 3.63) is 48.2 Å². The van der Waals surface area contributed by atoms with Crippen molar-refractivity contribution < 1.29 is 9.53 Å². The van der Waals surface area contributed by atoms with Crippen molar-refractivity contribution >= 4 is 17.4 Å². The third-order valence-corrected chi connectivity index (χ3v) is 4.53. The molecule has 3 N–H and O–H groups in total. The number of methoxy groups -OCH3 is 1. The lowest BCUT2D eigenvalue weighted by atomic mass is 10.2. The fourth-order valence-corrected chi connectivity index (χ4v) is 3.17. The predicted molar refractivity (Wildman–Crippen MR) is 103 cm³/mol. The summed E-state index contributed by atoms with van der Waals surface area (Å²) in [6.45, 7) is 3.90. The first kappa shape index (κ1) is 18.0. The molecule has 1 aromatic heterocycles. The zero-order chi connectivity index (χ0) is 18.4. The van der Waals surface area contributed by atoms with Crippen LogP contribution in [0.4, 0.5) is 11.5 Å². The van der Waals surface area contributed by atoms with Crippen LogP contribution in [0.3, 0.4) is 0 Å². The highest BCUT2D eigenvalue weighted by atomic mass is 16.5. The van der Waals surface area contributed by atoms with Crippen molar-refractivity contribution in [2.75, 3.05) is 49.6 Å². The van der Waals surface area contributed by atoms with Gasteiger partial charge in [0.25, 0.3) is 0 Å². The third kappa shape index (κ3) is 4.05. The largest absolute Gasteiger partial charge is 0.495 e. The van der Waals surface area contributed by atoms with Crippen molar-refractivity contribution in [1.29, 1.82) is 0 Å². The minimum atomic E-state index is -0.166. The van der Waals surface area contributed by atoms with Gasteiger partial charge in [0.1, 0.15) is 11.6 Å². The van der Waals surface area contributed by atoms with Gasteiger partial charge in [0.15, 0.2) is 0 Å². The summed E-state index contributed by atoms with van der Waals surface area (Å²) >= 11 is 0. The third-order valence-electron chi connectivity index (χ3n) is 4.53. The van der Waals surface area contributed by atoms with Gasteiger partial charge in [-0.15, -0.1) is 0 Å². The number of aromatic nitrogens is 1. The van der Waals surface area contributed by atoms with E-state index in [1.165, 1.54) is 0 Å². The highest BCUT2D eigenvalue weighted by Gasteiger charge is 2.22. The van der Waals surface area contributed by atoms with Gasteiger partial charge in [-0.2, -0.15) is 0 Å². The molecule has 2 aromatic rings. The molecule has 0 atom stereocenters. The lowest BCUT2D eigenvalue weighted by molar-refractivity contribution is -0.119. The van der Waals surface area contributed by atoms with Gasteiger partial charge in [0.05, 0.1) is 19.3 Å². The number of nitrogens with zero attached hydrogens (tertiary/aromatic N) is 3. The molecule has 0 bridgehead atoms. The van der Waals surface area contributed by atoms with E-state index in [4.69, 9.17) is 10.5 Å². The molecule has 1 saturated heterocycles. The number of ether oxygens (including phenoxy) is 1. The molecule has 1 aliphatic rings. The minimum absolute atomic E-state index is 0.00677. The number of nitrogens with one attached hydrogen (secondary N) is 1. The fraction of sp³-hybridized carbons (Fsp3) is 0.368. The van der Waals surface area contributed by atoms with Gasteiger partial charge >= 0.3 is 0 Å². The van der Waals surface area contributed by atoms with Crippen LogP contribution in [0.15, 0.2) is 42.6 Å². The van der Waals surface area contributed by atoms with Crippen LogP contribution >= 0.6 is 0 Å². The molecule has 138 valence electrons. The lowest BCUT2D eigenvalue weighted by Crippen LogP contribution is -2.47. The highest BCUT2D eigenvalue weighted by Crippen LogP contribution is 2.29. The van der Waals surface area contributed by atoms with Crippen LogP contribution in [-0.2, 0) is 11.3 Å². The van der Waals surface area contributed by atoms with Crippen LogP contribution < -0.4 is 25.6 Å². The highest BCUT2D eigenvalue weighted by molar-refractivity contribution is 5.77. The Balaban J connectivity index is 1.67. The van der Waals surface area contributed by atoms with Crippen LogP contribution in [0.25, 0.3) is 0 Å². The molecule has 7 nitrogen and oxygen atoms in total. The Labute approximate surface area is 153 Å². The first-order chi connectivity index (χ1) is 12.7. The predicted octanol–water partition coefficient (Wildman–Crippen LogP) is 0.992. The van der Waals surface area contributed by atoms with Crippen molar-refractivity contribution in [2.24, 2.45) is 5.73 Å². The SMILES string of the molecule is COc1ccccc1N1CCN(c2ncccc2CNC(=O)CN)CC1. The number of amides is 1. The van der Waals surface area contributed by atoms with Crippen LogP contribution in [0.2, 0.25) is 0 Å². The van der Waals surface area contributed by atoms with Crippen LogP contribution in [0.1, 0.15) is 5.56 Å². The molecule has 0 radical (unpaired) electrons. The second-order valence-electron chi connectivity index (χ2n) is 6.11. The molecule has 7 heteroatoms. The van der Waals surface area contributed by atoms with Crippen molar-refractivity contribution in [2.45, 2.75) is 6.54 Å². The van der Waals surface area contributed by atoms with Gasteiger partial charge < -0.3 is 25.6 Å². The number of hydrogen-bond acceptors (Lipinski definition) is 6. The number of nitrogens with two attached hydrogens (primary N) is 1. The Bertz CT molecular complexity index is 744. The quantitative estimate of drug-likeness (QED) is 0.804. The Hall–Kier alpha value is -2.80. The second kappa shape index (κ2) is 8.53. The van der Waals surface area contributed by atoms with Gasteiger partial charge in [-0.25, -0.2) is 4.98 Å². The van der Waals surface area contributed by atoms with Crippen molar-refractivity contribution in [1.82, 2.24) is 10.3 Å². The number of carbonyl (C=O) groups is 1. The van der Waals surface area contributed by atoms with E-state index in [9.17, 15) is 4.79 Å². The average molecular weight is 355 g/mol. The maximum absolute atomic E-state index is 11.4. The molecule has 2 heterocycles. The summed E-state index contributed by atoms with van der Waals surface area (Å²) in [5.74, 6) is 1.65. The monoisotopic (exact) mass is 355 g/mol. The van der Waals surface area contributed by atoms with E-state index < -0.39 is 0 Å². The summed E-state index contributed by atoms with van der Waals surface area (Å²) in [6.07, 6.45) is 1.79. The first-order valence-electron chi connectivity index (χ1n) is 8.76. The van der Waals surface area contributed by atoms with Gasteiger partial charge in [-0.1, -0.05) is 18.2 Å². The Morgan fingerprint density at radius 1 is 1.15 bits per heavy atom. The van der Waals surface area contributed by atoms with E-state index in [0.29, 0.717) is 6.54 Å². The first-order valence-corrected chi connectivity index (χ1v) is 8.76. The molecular weight excluding hydrogens is 330 g/mol. The molecule has 1 amide bonds. The van der Waals surface area contributed by atoms with E-state index in [-0.39, 0.29) is 12.5 Å². The van der Waals surface area contributed by atoms with E-state index in [0.717, 1.165) is 49.0 Å². The number of pyridine rings is 1. The zero-order valence-electron chi connectivity index (χ0n) is 15.0. The fourth-order valence-electron chi connectivity index (χ4n) is 3.17. The number of carbonyl (C=O) groups excluding carboxylic acids is 1. The number of piperazine rings is 1. The smallest absolute Gasteiger partial charge is 0.234 e. The molecule has 0 spiro atoms. The molecular formula is C19H25N5O2. The van der Waals surface area contributed by atoms with Crippen LogP contribution in [0, 0.1) is 0 Å². The average Bonchev–Trinajstić information content (AvgIpc) is 2.72. The van der Waals surface area contributed by atoms with Gasteiger partial charge in [0.2, 0.25) is 5.91 Å². The van der Waals surface area contributed by atoms with Gasteiger partial charge in [-0.3, -0.25) is 4.79 Å². The summed E-state index contributed by atoms with van der Waals surface area (Å²) in [5, 5.41) is 2.82. The van der Waals surface area contributed by atoms with E-state index >= 15 is 0 Å². The van der Waals surface area contributed by atoms with E-state index in [2.05, 4.69) is 26.2 Å². The topological polar surface area (TPSA) is 83.7 Å². The number of rotatable bonds is 6. The summed E-state index contributed by atoms with van der Waals surface area (Å²) in [5.41, 5.74) is 7.47. The maximum Gasteiger partial charge on any atom is 0.234 e. The summed E-state index contributed by atoms with van der Waals surface area (Å²) < 4.78 is 5.48. The van der Waals surface area contributed by atoms with Crippen molar-refractivity contribution in [3.63, 3.8) is 0 Å². The van der Waals surface area contributed by atoms with E-state index in [1.807, 2.05) is 30.3 Å². The van der Waals surface area contributed by atoms with Gasteiger partial charge in [-0.05, 0) is 18.2 Å². The van der Waals surface area contributed by atoms with Crippen LogP contribution in [0.5, 0.6) is 5.75 Å². The van der Waals surface area contributed by atoms with Crippen molar-refractivity contribution in [3.8, 4) is 5.75 Å². The molecule has 3 rings (SSSR count). The molecule has 26 heavy (non-hydrogen) atoms. The molecule has 1 aliphatic heterocycles. The minimum Gasteiger partial charge on any atom is -0.495 e. The maximum atomic E-state index is 11.4. The number of hydrogen-bond donors (Lipinski definition) is 2. The van der Waals surface area contributed by atoms with E-state index in [1.54, 1.807) is 13.3 Å². The number of para-hydroxylation sites is 2. The summed E-state index contributed by atoms with van der Waals surface area (Å²) in [4.78, 5) is 20.6. The zero-order valence-corrected chi connectivity index (χ0v) is 15.0. The Kier molecular flexibility index (Phi) is 5.91. The lowest BCUT2D eigenvalue weighted by Gasteiger charge is -2.37. The molecule has 1 fully saturated rings. The van der Waals surface area contributed by atoms with Gasteiger partial charge in [0, 0.05) is 44.5 Å². The Morgan fingerprint density at radius 2 is 1.88 bits per heavy atom. The normalized spacial score (nSPS) is 14.2. The second-order valence-corrected chi connectivity index (χ2v) is 6.11. The molecule has 1 aromatic carbocycles. The Morgan fingerprint density at radius 3 is 2.62 bits per heavy atom. The number of benzene rings is 1. The molecule has 0 saturated carbocycles. The standard InChI is InChI=1S/C19H25N5O2/c1-26-17-7-3-2-6-16(17)23-9-11-24(12-10-23)19-15(5-4-8-21-19)14-22-18(25)13-20/h2-8H,9-14,20H2,1H3,(H,22,25). The molecule has 0 aliphatic carbocycles. The summed E-state index contributed by atoms with van der Waals surface area (Å²) in [6, 6.07) is 12.0. The van der Waals surface area contributed by atoms with Crippen LogP contribution in [-0.4, -0.2) is 50.7 Å².